The maximum Gasteiger partial charge on any atom is 0.260 e. The van der Waals surface area contributed by atoms with Gasteiger partial charge in [-0.15, -0.1) is 0 Å². The molecule has 0 spiro atoms. The average molecular weight is 337 g/mol. The molecule has 0 radical (unpaired) electrons. The van der Waals surface area contributed by atoms with Crippen molar-refractivity contribution in [2.75, 3.05) is 19.0 Å². The lowest BCUT2D eigenvalue weighted by molar-refractivity contribution is -0.110. The molecule has 2 aromatic rings. The van der Waals surface area contributed by atoms with Gasteiger partial charge in [0, 0.05) is 18.2 Å². The van der Waals surface area contributed by atoms with Gasteiger partial charge in [0.25, 0.3) is 5.91 Å². The predicted octanol–water partition coefficient (Wildman–Crippen LogP) is 3.75. The van der Waals surface area contributed by atoms with Crippen LogP contribution in [0.25, 0.3) is 11.1 Å². The van der Waals surface area contributed by atoms with Crippen LogP contribution in [-0.4, -0.2) is 19.6 Å². The van der Waals surface area contributed by atoms with Crippen molar-refractivity contribution in [1.82, 2.24) is 0 Å². The summed E-state index contributed by atoms with van der Waals surface area (Å²) in [6.07, 6.45) is 1.87. The van der Waals surface area contributed by atoms with Crippen molar-refractivity contribution in [1.29, 1.82) is 0 Å². The second kappa shape index (κ2) is 6.18. The highest BCUT2D eigenvalue weighted by molar-refractivity contribution is 6.32. The number of allylic oxidation sites excluding steroid dienone is 1. The number of anilines is 1. The number of nitrogens with one attached hydrogen (secondary N) is 1. The number of halogens is 1. The van der Waals surface area contributed by atoms with Gasteiger partial charge in [0.2, 0.25) is 0 Å². The Morgan fingerprint density at radius 3 is 2.76 bits per heavy atom. The summed E-state index contributed by atoms with van der Waals surface area (Å²) in [5, 5.41) is 2.68. The molecule has 0 saturated carbocycles. The highest BCUT2D eigenvalue weighted by atomic mass is 19.1. The maximum absolute atomic E-state index is 13.3. The smallest absolute Gasteiger partial charge is 0.260 e. The quantitative estimate of drug-likeness (QED) is 0.868. The Morgan fingerprint density at radius 2 is 2.00 bits per heavy atom. The van der Waals surface area contributed by atoms with E-state index in [2.05, 4.69) is 5.32 Å². The van der Waals surface area contributed by atoms with Gasteiger partial charge in [-0.1, -0.05) is 24.3 Å². The minimum Gasteiger partial charge on any atom is -0.488 e. The van der Waals surface area contributed by atoms with Crippen LogP contribution in [0, 0.1) is 5.82 Å². The van der Waals surface area contributed by atoms with Crippen LogP contribution in [0.2, 0.25) is 0 Å². The summed E-state index contributed by atoms with van der Waals surface area (Å²) < 4.78 is 24.2. The van der Waals surface area contributed by atoms with Crippen LogP contribution in [0.4, 0.5) is 10.1 Å². The third kappa shape index (κ3) is 2.83. The van der Waals surface area contributed by atoms with Crippen molar-refractivity contribution >= 4 is 22.7 Å². The highest BCUT2D eigenvalue weighted by Crippen LogP contribution is 2.38. The predicted molar refractivity (Wildman–Crippen MR) is 93.0 cm³/mol. The van der Waals surface area contributed by atoms with Gasteiger partial charge >= 0.3 is 0 Å². The lowest BCUT2D eigenvalue weighted by atomic mass is 10.0. The van der Waals surface area contributed by atoms with E-state index in [-0.39, 0.29) is 11.7 Å². The fourth-order valence-corrected chi connectivity index (χ4v) is 3.08. The number of fused-ring (bicyclic) bond motifs is 1. The summed E-state index contributed by atoms with van der Waals surface area (Å²) >= 11 is 0. The summed E-state index contributed by atoms with van der Waals surface area (Å²) in [7, 11) is 1.66. The summed E-state index contributed by atoms with van der Waals surface area (Å²) in [6.45, 7) is 0.963. The van der Waals surface area contributed by atoms with E-state index >= 15 is 0 Å². The van der Waals surface area contributed by atoms with Crippen molar-refractivity contribution in [3.05, 3.63) is 76.8 Å². The van der Waals surface area contributed by atoms with Crippen molar-refractivity contribution < 1.29 is 18.7 Å². The first-order valence-electron chi connectivity index (χ1n) is 7.93. The van der Waals surface area contributed by atoms with Crippen molar-refractivity contribution in [3.8, 4) is 0 Å². The number of carbonyl (C=O) groups excluding carboxylic acids is 1. The van der Waals surface area contributed by atoms with Gasteiger partial charge < -0.3 is 14.8 Å². The molecule has 5 heteroatoms. The van der Waals surface area contributed by atoms with Gasteiger partial charge in [-0.05, 0) is 35.4 Å². The zero-order chi connectivity index (χ0) is 17.4. The molecule has 2 aliphatic rings. The van der Waals surface area contributed by atoms with E-state index in [9.17, 15) is 9.18 Å². The molecule has 25 heavy (non-hydrogen) atoms. The summed E-state index contributed by atoms with van der Waals surface area (Å²) in [6, 6.07) is 12.3. The summed E-state index contributed by atoms with van der Waals surface area (Å²) in [5.74, 6) is -0.146. The van der Waals surface area contributed by atoms with Crippen LogP contribution in [0.5, 0.6) is 0 Å². The molecule has 2 heterocycles. The number of carbonyl (C=O) groups is 1. The summed E-state index contributed by atoms with van der Waals surface area (Å²) in [4.78, 5) is 12.3. The van der Waals surface area contributed by atoms with Crippen molar-refractivity contribution in [2.24, 2.45) is 0 Å². The van der Waals surface area contributed by atoms with Crippen LogP contribution in [0.3, 0.4) is 0 Å². The molecular formula is C20H16FNO3. The second-order valence-corrected chi connectivity index (χ2v) is 5.97. The minimum atomic E-state index is -0.384. The molecule has 0 unspecified atom stereocenters. The van der Waals surface area contributed by atoms with E-state index in [1.165, 1.54) is 12.1 Å². The number of rotatable bonds is 3. The third-order valence-electron chi connectivity index (χ3n) is 4.30. The Kier molecular flexibility index (Phi) is 3.86. The number of ether oxygens (including phenoxy) is 2. The van der Waals surface area contributed by atoms with Crippen LogP contribution >= 0.6 is 0 Å². The van der Waals surface area contributed by atoms with Gasteiger partial charge in [-0.2, -0.15) is 0 Å². The van der Waals surface area contributed by atoms with Gasteiger partial charge in [-0.25, -0.2) is 4.39 Å². The van der Waals surface area contributed by atoms with Crippen LogP contribution in [-0.2, 0) is 20.9 Å². The Morgan fingerprint density at radius 1 is 1.20 bits per heavy atom. The Balaban J connectivity index is 1.69. The molecule has 4 nitrogen and oxygen atoms in total. The number of hydrogen-bond donors (Lipinski definition) is 1. The average Bonchev–Trinajstić information content (AvgIpc) is 3.19. The zero-order valence-corrected chi connectivity index (χ0v) is 13.6. The molecule has 0 atom stereocenters. The molecule has 1 N–H and O–H groups in total. The summed E-state index contributed by atoms with van der Waals surface area (Å²) in [5.41, 5.74) is 4.70. The molecular weight excluding hydrogens is 321 g/mol. The molecule has 0 saturated heterocycles. The normalized spacial score (nSPS) is 18.6. The lowest BCUT2D eigenvalue weighted by Crippen LogP contribution is -2.05. The van der Waals surface area contributed by atoms with E-state index in [1.807, 2.05) is 30.3 Å². The second-order valence-electron chi connectivity index (χ2n) is 5.97. The standard InChI is InChI=1S/C20H16FNO3/c1-24-10-12-2-4-13(5-3-12)14-8-18(25-11-14)19-16-7-6-15(21)9-17(16)22-20(19)23/h2-9H,10-11H2,1H3,(H,22,23). The fraction of sp³-hybridized carbons (Fsp3) is 0.150. The molecule has 0 fully saturated rings. The molecule has 4 rings (SSSR count). The van der Waals surface area contributed by atoms with Crippen LogP contribution in [0.15, 0.2) is 54.3 Å². The van der Waals surface area contributed by atoms with Gasteiger partial charge in [0.1, 0.15) is 18.2 Å². The SMILES string of the molecule is COCc1ccc(C2=CC(=C3C(=O)Nc4cc(F)ccc43)OC2)cc1. The van der Waals surface area contributed by atoms with Gasteiger partial charge in [-0.3, -0.25) is 4.79 Å². The molecule has 1 amide bonds. The Hall–Kier alpha value is -2.92. The Labute approximate surface area is 144 Å². The first-order chi connectivity index (χ1) is 12.2. The number of amides is 1. The molecule has 0 aliphatic carbocycles. The van der Waals surface area contributed by atoms with E-state index in [4.69, 9.17) is 9.47 Å². The number of benzene rings is 2. The highest BCUT2D eigenvalue weighted by Gasteiger charge is 2.30. The number of hydrogen-bond acceptors (Lipinski definition) is 3. The molecule has 2 aromatic carbocycles. The van der Waals surface area contributed by atoms with Crippen LogP contribution < -0.4 is 5.32 Å². The Bertz CT molecular complexity index is 913. The molecule has 0 aromatic heterocycles. The number of methoxy groups -OCH3 is 1. The minimum absolute atomic E-state index is 0.274. The van der Waals surface area contributed by atoms with Gasteiger partial charge in [0.05, 0.1) is 17.9 Å². The molecule has 126 valence electrons. The maximum atomic E-state index is 13.3. The molecule has 0 bridgehead atoms. The topological polar surface area (TPSA) is 47.6 Å². The lowest BCUT2D eigenvalue weighted by Gasteiger charge is -2.04. The van der Waals surface area contributed by atoms with Crippen molar-refractivity contribution in [2.45, 2.75) is 6.61 Å². The largest absolute Gasteiger partial charge is 0.488 e. The fourth-order valence-electron chi connectivity index (χ4n) is 3.08. The third-order valence-corrected chi connectivity index (χ3v) is 4.30. The zero-order valence-electron chi connectivity index (χ0n) is 13.6. The van der Waals surface area contributed by atoms with Crippen LogP contribution in [0.1, 0.15) is 16.7 Å². The van der Waals surface area contributed by atoms with E-state index in [0.717, 1.165) is 16.7 Å². The van der Waals surface area contributed by atoms with E-state index < -0.39 is 0 Å². The van der Waals surface area contributed by atoms with Gasteiger partial charge in [0.15, 0.2) is 0 Å². The molecule has 2 aliphatic heterocycles. The monoisotopic (exact) mass is 337 g/mol. The van der Waals surface area contributed by atoms with Crippen molar-refractivity contribution in [3.63, 3.8) is 0 Å². The van der Waals surface area contributed by atoms with E-state index in [1.54, 1.807) is 13.2 Å². The first kappa shape index (κ1) is 15.6. The first-order valence-corrected chi connectivity index (χ1v) is 7.93. The van der Waals surface area contributed by atoms with E-state index in [0.29, 0.717) is 35.8 Å².